The maximum absolute atomic E-state index is 12.3. The van der Waals surface area contributed by atoms with Gasteiger partial charge >= 0.3 is 5.97 Å². The topological polar surface area (TPSA) is 92.7 Å². The smallest absolute Gasteiger partial charge is 0.337 e. The highest BCUT2D eigenvalue weighted by molar-refractivity contribution is 7.89. The van der Waals surface area contributed by atoms with Gasteiger partial charge in [0.25, 0.3) is 0 Å². The maximum Gasteiger partial charge on any atom is 0.337 e. The third kappa shape index (κ3) is 3.78. The summed E-state index contributed by atoms with van der Waals surface area (Å²) in [4.78, 5) is 11.5. The zero-order valence-electron chi connectivity index (χ0n) is 11.7. The van der Waals surface area contributed by atoms with E-state index in [9.17, 15) is 13.2 Å². The molecule has 0 heterocycles. The lowest BCUT2D eigenvalue weighted by Gasteiger charge is -2.16. The predicted molar refractivity (Wildman–Crippen MR) is 74.0 cm³/mol. The minimum absolute atomic E-state index is 0.00676. The van der Waals surface area contributed by atoms with Crippen molar-refractivity contribution in [3.05, 3.63) is 29.3 Å². The van der Waals surface area contributed by atoms with Crippen LogP contribution in [0.1, 0.15) is 29.3 Å². The quantitative estimate of drug-likeness (QED) is 0.759. The minimum atomic E-state index is -3.80. The normalized spacial score (nSPS) is 13.0. The molecule has 0 bridgehead atoms. The molecule has 1 aromatic rings. The van der Waals surface area contributed by atoms with Gasteiger partial charge in [-0.1, -0.05) is 13.0 Å². The molecule has 0 saturated heterocycles. The highest BCUT2D eigenvalue weighted by Crippen LogP contribution is 2.18. The van der Waals surface area contributed by atoms with E-state index in [1.165, 1.54) is 19.2 Å². The molecule has 0 aromatic heterocycles. The molecule has 112 valence electrons. The van der Waals surface area contributed by atoms with Crippen LogP contribution >= 0.6 is 0 Å². The second-order valence-corrected chi connectivity index (χ2v) is 6.06. The number of carbonyl (C=O) groups is 1. The Morgan fingerprint density at radius 3 is 2.60 bits per heavy atom. The second kappa shape index (κ2) is 6.83. The number of aliphatic hydroxyl groups excluding tert-OH is 1. The molecule has 6 nitrogen and oxygen atoms in total. The largest absolute Gasteiger partial charge is 0.465 e. The van der Waals surface area contributed by atoms with Gasteiger partial charge in [0.15, 0.2) is 0 Å². The van der Waals surface area contributed by atoms with Crippen molar-refractivity contribution in [2.45, 2.75) is 31.2 Å². The van der Waals surface area contributed by atoms with Crippen LogP contribution in [-0.2, 0) is 14.8 Å². The summed E-state index contributed by atoms with van der Waals surface area (Å²) in [6, 6.07) is 3.76. The minimum Gasteiger partial charge on any atom is -0.465 e. The molecular weight excluding hydrogens is 282 g/mol. The van der Waals surface area contributed by atoms with E-state index >= 15 is 0 Å². The molecule has 2 N–H and O–H groups in total. The van der Waals surface area contributed by atoms with Gasteiger partial charge in [-0.15, -0.1) is 0 Å². The van der Waals surface area contributed by atoms with Gasteiger partial charge in [0.2, 0.25) is 10.0 Å². The van der Waals surface area contributed by atoms with Crippen molar-refractivity contribution in [3.8, 4) is 0 Å². The third-order valence-electron chi connectivity index (χ3n) is 2.93. The van der Waals surface area contributed by atoms with E-state index in [-0.39, 0.29) is 17.1 Å². The van der Waals surface area contributed by atoms with Crippen LogP contribution in [0.4, 0.5) is 0 Å². The zero-order valence-corrected chi connectivity index (χ0v) is 12.5. The van der Waals surface area contributed by atoms with Gasteiger partial charge in [-0.05, 0) is 31.0 Å². The van der Waals surface area contributed by atoms with Crippen molar-refractivity contribution in [1.82, 2.24) is 4.72 Å². The number of ether oxygens (including phenoxy) is 1. The average molecular weight is 301 g/mol. The highest BCUT2D eigenvalue weighted by Gasteiger charge is 2.22. The Hall–Kier alpha value is -1.44. The lowest BCUT2D eigenvalue weighted by atomic mass is 10.1. The maximum atomic E-state index is 12.3. The lowest BCUT2D eigenvalue weighted by molar-refractivity contribution is 0.0600. The molecule has 0 amide bonds. The second-order valence-electron chi connectivity index (χ2n) is 4.38. The SMILES string of the molecule is CCC(CO)NS(=O)(=O)c1cc(C(=O)OC)ccc1C. The Balaban J connectivity index is 3.20. The lowest BCUT2D eigenvalue weighted by Crippen LogP contribution is -2.37. The fourth-order valence-electron chi connectivity index (χ4n) is 1.67. The Bertz CT molecular complexity index is 578. The number of hydrogen-bond acceptors (Lipinski definition) is 5. The van der Waals surface area contributed by atoms with Crippen LogP contribution in [0, 0.1) is 6.92 Å². The van der Waals surface area contributed by atoms with E-state index in [1.54, 1.807) is 19.9 Å². The zero-order chi connectivity index (χ0) is 15.3. The Kier molecular flexibility index (Phi) is 5.67. The molecular formula is C13H19NO5S. The molecule has 0 aliphatic rings. The van der Waals surface area contributed by atoms with Crippen LogP contribution in [0.5, 0.6) is 0 Å². The van der Waals surface area contributed by atoms with E-state index in [0.717, 1.165) is 0 Å². The number of methoxy groups -OCH3 is 1. The molecule has 0 radical (unpaired) electrons. The van der Waals surface area contributed by atoms with Crippen LogP contribution in [0.2, 0.25) is 0 Å². The van der Waals surface area contributed by atoms with E-state index in [1.807, 2.05) is 0 Å². The first-order valence-corrected chi connectivity index (χ1v) is 7.66. The van der Waals surface area contributed by atoms with Crippen LogP contribution in [-0.4, -0.2) is 39.3 Å². The van der Waals surface area contributed by atoms with Crippen molar-refractivity contribution in [3.63, 3.8) is 0 Å². The van der Waals surface area contributed by atoms with Crippen molar-refractivity contribution in [2.75, 3.05) is 13.7 Å². The fraction of sp³-hybridized carbons (Fsp3) is 0.462. The molecule has 1 unspecified atom stereocenters. The van der Waals surface area contributed by atoms with E-state index < -0.39 is 22.0 Å². The van der Waals surface area contributed by atoms with Gasteiger partial charge in [0.1, 0.15) is 0 Å². The standard InChI is InChI=1S/C13H19NO5S/c1-4-11(8-15)14-20(17,18)12-7-10(13(16)19-3)6-5-9(12)2/h5-7,11,14-15H,4,8H2,1-3H3. The van der Waals surface area contributed by atoms with Gasteiger partial charge in [-0.2, -0.15) is 0 Å². The Morgan fingerprint density at radius 1 is 1.45 bits per heavy atom. The molecule has 1 rings (SSSR count). The first kappa shape index (κ1) is 16.6. The number of esters is 1. The molecule has 7 heteroatoms. The van der Waals surface area contributed by atoms with E-state index in [2.05, 4.69) is 9.46 Å². The van der Waals surface area contributed by atoms with Gasteiger partial charge in [0.05, 0.1) is 24.2 Å². The first-order valence-electron chi connectivity index (χ1n) is 6.17. The van der Waals surface area contributed by atoms with Gasteiger partial charge < -0.3 is 9.84 Å². The van der Waals surface area contributed by atoms with E-state index in [4.69, 9.17) is 5.11 Å². The predicted octanol–water partition coefficient (Wildman–Crippen LogP) is 0.831. The molecule has 20 heavy (non-hydrogen) atoms. The number of rotatable bonds is 6. The summed E-state index contributed by atoms with van der Waals surface area (Å²) in [5.74, 6) is -0.601. The summed E-state index contributed by atoms with van der Waals surface area (Å²) < 4.78 is 31.5. The molecule has 0 aliphatic carbocycles. The Labute approximate surface area is 118 Å². The highest BCUT2D eigenvalue weighted by atomic mass is 32.2. The van der Waals surface area contributed by atoms with Crippen molar-refractivity contribution in [2.24, 2.45) is 0 Å². The summed E-state index contributed by atoms with van der Waals surface area (Å²) >= 11 is 0. The van der Waals surface area contributed by atoms with Crippen LogP contribution < -0.4 is 4.72 Å². The summed E-state index contributed by atoms with van der Waals surface area (Å²) in [5, 5.41) is 9.09. The van der Waals surface area contributed by atoms with Crippen molar-refractivity contribution < 1.29 is 23.1 Å². The number of carbonyl (C=O) groups excluding carboxylic acids is 1. The van der Waals surface area contributed by atoms with Crippen LogP contribution in [0.3, 0.4) is 0 Å². The van der Waals surface area contributed by atoms with Gasteiger partial charge in [-0.25, -0.2) is 17.9 Å². The molecule has 1 aromatic carbocycles. The molecule has 0 aliphatic heterocycles. The summed E-state index contributed by atoms with van der Waals surface area (Å²) in [6.45, 7) is 3.11. The van der Waals surface area contributed by atoms with Crippen molar-refractivity contribution in [1.29, 1.82) is 0 Å². The van der Waals surface area contributed by atoms with Gasteiger partial charge in [0, 0.05) is 6.04 Å². The number of benzene rings is 1. The van der Waals surface area contributed by atoms with Crippen LogP contribution in [0.15, 0.2) is 23.1 Å². The monoisotopic (exact) mass is 301 g/mol. The fourth-order valence-corrected chi connectivity index (χ4v) is 3.25. The first-order chi connectivity index (χ1) is 9.35. The number of hydrogen-bond donors (Lipinski definition) is 2. The molecule has 0 fully saturated rings. The summed E-state index contributed by atoms with van der Waals surface area (Å²) in [7, 11) is -2.57. The Morgan fingerprint density at radius 2 is 2.10 bits per heavy atom. The number of nitrogens with one attached hydrogen (secondary N) is 1. The number of aryl methyl sites for hydroxylation is 1. The molecule has 0 spiro atoms. The van der Waals surface area contributed by atoms with Gasteiger partial charge in [-0.3, -0.25) is 0 Å². The van der Waals surface area contributed by atoms with E-state index in [0.29, 0.717) is 12.0 Å². The molecule has 0 saturated carbocycles. The molecule has 1 atom stereocenters. The third-order valence-corrected chi connectivity index (χ3v) is 4.60. The number of sulfonamides is 1. The van der Waals surface area contributed by atoms with Crippen LogP contribution in [0.25, 0.3) is 0 Å². The summed E-state index contributed by atoms with van der Waals surface area (Å²) in [6.07, 6.45) is 0.464. The summed E-state index contributed by atoms with van der Waals surface area (Å²) in [5.41, 5.74) is 0.675. The van der Waals surface area contributed by atoms with Crippen molar-refractivity contribution >= 4 is 16.0 Å². The number of aliphatic hydroxyl groups is 1. The average Bonchev–Trinajstić information content (AvgIpc) is 2.44.